The summed E-state index contributed by atoms with van der Waals surface area (Å²) in [7, 11) is 2.73. The molecule has 3 amide bonds. The predicted molar refractivity (Wildman–Crippen MR) is 183 cm³/mol. The van der Waals surface area contributed by atoms with Crippen LogP contribution in [-0.2, 0) is 16.6 Å². The highest BCUT2D eigenvalue weighted by molar-refractivity contribution is 6.34. The number of carboxylic acids is 1. The van der Waals surface area contributed by atoms with Gasteiger partial charge in [-0.1, -0.05) is 11.6 Å². The van der Waals surface area contributed by atoms with Crippen molar-refractivity contribution in [3.63, 3.8) is 0 Å². The molecule has 3 aromatic rings. The number of hydrogen-bond donors (Lipinski definition) is 3. The summed E-state index contributed by atoms with van der Waals surface area (Å²) in [4.78, 5) is 59.1. The third-order valence-corrected chi connectivity index (χ3v) is 10.6. The lowest BCUT2D eigenvalue weighted by Crippen LogP contribution is -2.62. The summed E-state index contributed by atoms with van der Waals surface area (Å²) in [5.74, 6) is -3.97. The lowest BCUT2D eigenvalue weighted by Gasteiger charge is -2.46. The molecule has 272 valence electrons. The van der Waals surface area contributed by atoms with Crippen LogP contribution in [0.15, 0.2) is 36.5 Å². The van der Waals surface area contributed by atoms with Crippen molar-refractivity contribution in [1.29, 1.82) is 0 Å². The number of quaternary nitrogens is 1. The zero-order chi connectivity index (χ0) is 36.4. The largest absolute Gasteiger partial charge is 0.494 e. The Bertz CT molecular complexity index is 1830. The lowest BCUT2D eigenvalue weighted by atomic mass is 9.90. The lowest BCUT2D eigenvalue weighted by molar-refractivity contribution is -0.929. The molecule has 1 aromatic heterocycles. The third-order valence-electron chi connectivity index (χ3n) is 10.3. The fraction of sp³-hybridized carbons (Fsp3) is 0.457. The maximum absolute atomic E-state index is 14.7. The van der Waals surface area contributed by atoms with E-state index >= 15 is 0 Å². The van der Waals surface area contributed by atoms with Crippen molar-refractivity contribution in [2.24, 2.45) is 18.9 Å². The Kier molecular flexibility index (Phi) is 10.6. The van der Waals surface area contributed by atoms with Crippen LogP contribution in [0, 0.1) is 23.5 Å². The first kappa shape index (κ1) is 36.2. The maximum atomic E-state index is 14.7. The molecule has 0 unspecified atom stereocenters. The zero-order valence-electron chi connectivity index (χ0n) is 28.5. The Morgan fingerprint density at radius 2 is 1.73 bits per heavy atom. The number of likely N-dealkylation sites (tertiary alicyclic amines) is 1. The topological polar surface area (TPSA) is 146 Å². The zero-order valence-corrected chi connectivity index (χ0v) is 29.2. The average Bonchev–Trinajstić information content (AvgIpc) is 3.48. The van der Waals surface area contributed by atoms with Gasteiger partial charge in [-0.05, 0) is 30.3 Å². The van der Waals surface area contributed by atoms with E-state index in [-0.39, 0.29) is 57.7 Å². The number of rotatable bonds is 10. The highest BCUT2D eigenvalue weighted by Gasteiger charge is 2.42. The van der Waals surface area contributed by atoms with Gasteiger partial charge in [0.2, 0.25) is 11.7 Å². The summed E-state index contributed by atoms with van der Waals surface area (Å²) >= 11 is 6.51. The molecule has 0 radical (unpaired) electrons. The number of imidazole rings is 1. The molecular weight excluding hydrogens is 688 g/mol. The first-order valence-electron chi connectivity index (χ1n) is 16.9. The number of anilines is 1. The van der Waals surface area contributed by atoms with E-state index in [1.165, 1.54) is 55.3 Å². The number of benzene rings is 2. The van der Waals surface area contributed by atoms with E-state index in [1.54, 1.807) is 9.80 Å². The summed E-state index contributed by atoms with van der Waals surface area (Å²) in [6.07, 6.45) is 2.55. The molecule has 16 heteroatoms. The number of methoxy groups -OCH3 is 1. The average molecular weight is 729 g/mol. The van der Waals surface area contributed by atoms with E-state index < -0.39 is 23.5 Å². The number of piperidine rings is 1. The minimum atomic E-state index is -1.15. The van der Waals surface area contributed by atoms with Crippen LogP contribution in [0.25, 0.3) is 11.3 Å². The summed E-state index contributed by atoms with van der Waals surface area (Å²) in [5, 5.41) is 15.6. The fourth-order valence-electron chi connectivity index (χ4n) is 7.35. The molecule has 3 fully saturated rings. The number of carbonyl (C=O) groups is 4. The standard InChI is InChI=1S/C35H40ClF2N7O6/c1-42-27(25-5-6-28(51-2)31(38)30(25)37)18-40-32(42)33(48)41-23-3-4-24(26(36)15-23)35(50)44-11-9-43(10-12-44)34(49)22-7-13-45(14-8-22,20-29(46)47)19-21-16-39-17-21/h3-6,15,18,21-22,39H,7-14,16-17,19-20H2,1-2H3,(H-,41,46,47,48,50)/p+1. The molecule has 51 heavy (non-hydrogen) atoms. The number of carbonyl (C=O) groups excluding carboxylic acids is 3. The van der Waals surface area contributed by atoms with E-state index in [1.807, 2.05) is 0 Å². The quantitative estimate of drug-likeness (QED) is 0.270. The van der Waals surface area contributed by atoms with Crippen molar-refractivity contribution < 1.29 is 42.3 Å². The van der Waals surface area contributed by atoms with Gasteiger partial charge in [0.1, 0.15) is 0 Å². The Balaban J connectivity index is 1.02. The molecule has 0 aliphatic carbocycles. The normalized spacial score (nSPS) is 20.8. The minimum absolute atomic E-state index is 0.0554. The van der Waals surface area contributed by atoms with Crippen molar-refractivity contribution in [1.82, 2.24) is 24.7 Å². The van der Waals surface area contributed by atoms with Crippen molar-refractivity contribution in [2.45, 2.75) is 12.8 Å². The minimum Gasteiger partial charge on any atom is -0.494 e. The highest BCUT2D eigenvalue weighted by Crippen LogP contribution is 2.31. The molecule has 0 spiro atoms. The van der Waals surface area contributed by atoms with E-state index in [0.717, 1.165) is 19.6 Å². The molecule has 3 aliphatic heterocycles. The molecule has 4 heterocycles. The second-order valence-corrected chi connectivity index (χ2v) is 14.0. The Morgan fingerprint density at radius 1 is 1.04 bits per heavy atom. The van der Waals surface area contributed by atoms with Crippen molar-refractivity contribution in [2.75, 3.05) is 77.9 Å². The number of ether oxygens (including phenoxy) is 1. The number of hydrogen-bond acceptors (Lipinski definition) is 7. The number of aromatic nitrogens is 2. The number of amides is 3. The van der Waals surface area contributed by atoms with Crippen LogP contribution in [-0.4, -0.2) is 125 Å². The van der Waals surface area contributed by atoms with Crippen LogP contribution in [0.2, 0.25) is 5.02 Å². The molecule has 3 saturated heterocycles. The molecule has 3 aliphatic rings. The van der Waals surface area contributed by atoms with E-state index in [0.29, 0.717) is 68.2 Å². The molecular formula is C35H41ClF2N7O6+. The number of nitrogens with zero attached hydrogens (tertiary/aromatic N) is 5. The number of carboxylic acid groups (broad SMARTS) is 1. The molecule has 3 N–H and O–H groups in total. The van der Waals surface area contributed by atoms with Crippen molar-refractivity contribution >= 4 is 41.0 Å². The summed E-state index contributed by atoms with van der Waals surface area (Å²) < 4.78 is 35.7. The molecule has 0 bridgehead atoms. The van der Waals surface area contributed by atoms with Crippen molar-refractivity contribution in [3.8, 4) is 17.0 Å². The monoisotopic (exact) mass is 728 g/mol. The highest BCUT2D eigenvalue weighted by atomic mass is 35.5. The summed E-state index contributed by atoms with van der Waals surface area (Å²) in [6, 6.07) is 7.12. The third kappa shape index (κ3) is 7.55. The number of aliphatic carboxylic acids is 1. The predicted octanol–water partition coefficient (Wildman–Crippen LogP) is 3.09. The molecule has 13 nitrogen and oxygen atoms in total. The van der Waals surface area contributed by atoms with Gasteiger partial charge < -0.3 is 39.3 Å². The van der Waals surface area contributed by atoms with Crippen LogP contribution in [0.3, 0.4) is 0 Å². The number of nitrogens with one attached hydrogen (secondary N) is 2. The molecule has 6 rings (SSSR count). The first-order valence-corrected chi connectivity index (χ1v) is 17.3. The van der Waals surface area contributed by atoms with Gasteiger partial charge in [0.05, 0.1) is 49.2 Å². The van der Waals surface area contributed by atoms with Crippen molar-refractivity contribution in [3.05, 3.63) is 64.6 Å². The van der Waals surface area contributed by atoms with Gasteiger partial charge >= 0.3 is 5.97 Å². The van der Waals surface area contributed by atoms with Gasteiger partial charge in [-0.2, -0.15) is 4.39 Å². The number of halogens is 3. The SMILES string of the molecule is COc1ccc(-c2cnc(C(=O)Nc3ccc(C(=O)N4CCN(C(=O)C5CC[N+](CC(=O)O)(CC6CNC6)CC5)CC4)c(Cl)c3)n2C)c(F)c1F. The van der Waals surface area contributed by atoms with Gasteiger partial charge in [-0.15, -0.1) is 0 Å². The van der Waals surface area contributed by atoms with E-state index in [9.17, 15) is 33.1 Å². The van der Waals surface area contributed by atoms with Crippen LogP contribution < -0.4 is 15.4 Å². The van der Waals surface area contributed by atoms with Gasteiger partial charge in [-0.3, -0.25) is 14.4 Å². The summed E-state index contributed by atoms with van der Waals surface area (Å²) in [6.45, 7) is 5.48. The number of piperazine rings is 1. The molecule has 2 aromatic carbocycles. The Hall–Kier alpha value is -4.60. The van der Waals surface area contributed by atoms with Gasteiger partial charge in [0.15, 0.2) is 23.9 Å². The Morgan fingerprint density at radius 3 is 2.33 bits per heavy atom. The first-order chi connectivity index (χ1) is 24.4. The smallest absolute Gasteiger partial charge is 0.359 e. The van der Waals surface area contributed by atoms with Gasteiger partial charge in [0, 0.05) is 82.2 Å². The van der Waals surface area contributed by atoms with E-state index in [4.69, 9.17) is 16.3 Å². The maximum Gasteiger partial charge on any atom is 0.359 e. The second kappa shape index (κ2) is 14.9. The fourth-order valence-corrected chi connectivity index (χ4v) is 7.61. The van der Waals surface area contributed by atoms with Crippen LogP contribution >= 0.6 is 11.6 Å². The van der Waals surface area contributed by atoms with Crippen LogP contribution in [0.4, 0.5) is 14.5 Å². The molecule has 0 atom stereocenters. The van der Waals surface area contributed by atoms with Crippen LogP contribution in [0.5, 0.6) is 5.75 Å². The summed E-state index contributed by atoms with van der Waals surface area (Å²) in [5.41, 5.74) is 0.620. The Labute approximate surface area is 298 Å². The second-order valence-electron chi connectivity index (χ2n) is 13.6. The van der Waals surface area contributed by atoms with Gasteiger partial charge in [0.25, 0.3) is 11.8 Å². The van der Waals surface area contributed by atoms with E-state index in [2.05, 4.69) is 15.6 Å². The van der Waals surface area contributed by atoms with Crippen LogP contribution in [0.1, 0.15) is 33.8 Å². The van der Waals surface area contributed by atoms with Gasteiger partial charge in [-0.25, -0.2) is 14.2 Å². The molecule has 0 saturated carbocycles.